The number of amides is 1. The molecule has 0 heterocycles. The summed E-state index contributed by atoms with van der Waals surface area (Å²) in [5, 5.41) is 2.70. The van der Waals surface area contributed by atoms with Crippen LogP contribution in [0.1, 0.15) is 27.6 Å². The fourth-order valence-corrected chi connectivity index (χ4v) is 3.24. The van der Waals surface area contributed by atoms with Crippen LogP contribution in [0.15, 0.2) is 53.4 Å². The number of ether oxygens (including phenoxy) is 2. The Bertz CT molecular complexity index is 856. The minimum Gasteiger partial charge on any atom is -0.451 e. The SMILES string of the molecule is COCCNC(=O)CSc1ccccc1C(=O)O[C@H](C)C(=O)c1ccc(F)cc1. The Hall–Kier alpha value is -2.71. The fourth-order valence-electron chi connectivity index (χ4n) is 2.37. The van der Waals surface area contributed by atoms with E-state index in [1.165, 1.54) is 43.0 Å². The monoisotopic (exact) mass is 419 g/mol. The molecular formula is C21H22FNO5S. The molecule has 0 bridgehead atoms. The summed E-state index contributed by atoms with van der Waals surface area (Å²) in [6, 6.07) is 11.7. The Morgan fingerprint density at radius 2 is 1.79 bits per heavy atom. The van der Waals surface area contributed by atoms with Crippen LogP contribution in [0, 0.1) is 5.82 Å². The normalized spacial score (nSPS) is 11.6. The van der Waals surface area contributed by atoms with Crippen molar-refractivity contribution in [3.63, 3.8) is 0 Å². The molecule has 0 aliphatic carbocycles. The summed E-state index contributed by atoms with van der Waals surface area (Å²) in [6.45, 7) is 2.28. The van der Waals surface area contributed by atoms with Crippen LogP contribution in [0.3, 0.4) is 0 Å². The van der Waals surface area contributed by atoms with Gasteiger partial charge >= 0.3 is 5.97 Å². The first-order valence-corrected chi connectivity index (χ1v) is 9.89. The Kier molecular flexibility index (Phi) is 8.82. The van der Waals surface area contributed by atoms with Gasteiger partial charge in [0.2, 0.25) is 11.7 Å². The maximum Gasteiger partial charge on any atom is 0.339 e. The van der Waals surface area contributed by atoms with Gasteiger partial charge in [0.25, 0.3) is 0 Å². The number of halogens is 1. The van der Waals surface area contributed by atoms with Crippen LogP contribution in [0.4, 0.5) is 4.39 Å². The van der Waals surface area contributed by atoms with Crippen molar-refractivity contribution in [3.05, 3.63) is 65.5 Å². The van der Waals surface area contributed by atoms with E-state index in [4.69, 9.17) is 9.47 Å². The predicted molar refractivity (Wildman–Crippen MR) is 108 cm³/mol. The molecule has 0 aliphatic rings. The van der Waals surface area contributed by atoms with Crippen LogP contribution in [0.5, 0.6) is 0 Å². The zero-order valence-electron chi connectivity index (χ0n) is 16.1. The average Bonchev–Trinajstić information content (AvgIpc) is 2.72. The number of carbonyl (C=O) groups is 3. The molecule has 0 fully saturated rings. The van der Waals surface area contributed by atoms with Crippen molar-refractivity contribution in [1.29, 1.82) is 0 Å². The van der Waals surface area contributed by atoms with E-state index in [1.54, 1.807) is 31.4 Å². The molecule has 0 aliphatic heterocycles. The summed E-state index contributed by atoms with van der Waals surface area (Å²) in [5.41, 5.74) is 0.517. The van der Waals surface area contributed by atoms with Crippen molar-refractivity contribution < 1.29 is 28.2 Å². The van der Waals surface area contributed by atoms with E-state index in [0.717, 1.165) is 0 Å². The summed E-state index contributed by atoms with van der Waals surface area (Å²) in [6.07, 6.45) is -1.04. The number of hydrogen-bond acceptors (Lipinski definition) is 6. The lowest BCUT2D eigenvalue weighted by Crippen LogP contribution is -2.28. The van der Waals surface area contributed by atoms with E-state index in [9.17, 15) is 18.8 Å². The smallest absolute Gasteiger partial charge is 0.339 e. The molecule has 8 heteroatoms. The number of carbonyl (C=O) groups excluding carboxylic acids is 3. The molecule has 1 N–H and O–H groups in total. The average molecular weight is 419 g/mol. The third-order valence-electron chi connectivity index (χ3n) is 3.88. The molecule has 2 aromatic rings. The van der Waals surface area contributed by atoms with Gasteiger partial charge in [-0.3, -0.25) is 9.59 Å². The van der Waals surface area contributed by atoms with Gasteiger partial charge in [-0.1, -0.05) is 12.1 Å². The van der Waals surface area contributed by atoms with E-state index in [1.807, 2.05) is 0 Å². The fraction of sp³-hybridized carbons (Fsp3) is 0.286. The first-order valence-electron chi connectivity index (χ1n) is 8.90. The molecule has 2 rings (SSSR count). The number of rotatable bonds is 10. The lowest BCUT2D eigenvalue weighted by atomic mass is 10.1. The van der Waals surface area contributed by atoms with E-state index >= 15 is 0 Å². The minimum absolute atomic E-state index is 0.123. The van der Waals surface area contributed by atoms with Gasteiger partial charge < -0.3 is 14.8 Å². The molecule has 0 saturated carbocycles. The van der Waals surface area contributed by atoms with Crippen LogP contribution in [0.25, 0.3) is 0 Å². The highest BCUT2D eigenvalue weighted by Gasteiger charge is 2.22. The maximum atomic E-state index is 13.0. The van der Waals surface area contributed by atoms with Crippen molar-refractivity contribution in [2.45, 2.75) is 17.9 Å². The highest BCUT2D eigenvalue weighted by Crippen LogP contribution is 2.24. The number of thioether (sulfide) groups is 1. The van der Waals surface area contributed by atoms with Gasteiger partial charge in [0, 0.05) is 24.1 Å². The lowest BCUT2D eigenvalue weighted by Gasteiger charge is -2.14. The van der Waals surface area contributed by atoms with Crippen LogP contribution in [-0.4, -0.2) is 49.8 Å². The van der Waals surface area contributed by atoms with Gasteiger partial charge in [0.1, 0.15) is 5.82 Å². The van der Waals surface area contributed by atoms with Crippen molar-refractivity contribution in [2.24, 2.45) is 0 Å². The van der Waals surface area contributed by atoms with E-state index in [-0.39, 0.29) is 22.8 Å². The molecule has 1 amide bonds. The molecule has 6 nitrogen and oxygen atoms in total. The Morgan fingerprint density at radius 3 is 2.48 bits per heavy atom. The van der Waals surface area contributed by atoms with Gasteiger partial charge in [-0.05, 0) is 43.3 Å². The highest BCUT2D eigenvalue weighted by atomic mass is 32.2. The number of Topliss-reactive ketones (excluding diaryl/α,β-unsaturated/α-hetero) is 1. The second-order valence-electron chi connectivity index (χ2n) is 6.05. The molecule has 1 atom stereocenters. The molecule has 0 radical (unpaired) electrons. The minimum atomic E-state index is -1.04. The first-order chi connectivity index (χ1) is 13.9. The largest absolute Gasteiger partial charge is 0.451 e. The molecule has 2 aromatic carbocycles. The van der Waals surface area contributed by atoms with Gasteiger partial charge in [-0.2, -0.15) is 0 Å². The number of esters is 1. The van der Waals surface area contributed by atoms with Crippen molar-refractivity contribution >= 4 is 29.4 Å². The first kappa shape index (κ1) is 22.6. The summed E-state index contributed by atoms with van der Waals surface area (Å²) >= 11 is 1.19. The van der Waals surface area contributed by atoms with Crippen LogP contribution >= 0.6 is 11.8 Å². The zero-order chi connectivity index (χ0) is 21.2. The van der Waals surface area contributed by atoms with Crippen LogP contribution in [-0.2, 0) is 14.3 Å². The Morgan fingerprint density at radius 1 is 1.10 bits per heavy atom. The van der Waals surface area contributed by atoms with Crippen molar-refractivity contribution in [1.82, 2.24) is 5.32 Å². The topological polar surface area (TPSA) is 81.7 Å². The quantitative estimate of drug-likeness (QED) is 0.276. The third kappa shape index (κ3) is 6.99. The van der Waals surface area contributed by atoms with Crippen molar-refractivity contribution in [2.75, 3.05) is 26.0 Å². The number of nitrogens with one attached hydrogen (secondary N) is 1. The maximum absolute atomic E-state index is 13.0. The lowest BCUT2D eigenvalue weighted by molar-refractivity contribution is -0.118. The van der Waals surface area contributed by atoms with Gasteiger partial charge in [0.15, 0.2) is 6.10 Å². The van der Waals surface area contributed by atoms with Gasteiger partial charge in [-0.15, -0.1) is 11.8 Å². The molecule has 29 heavy (non-hydrogen) atoms. The van der Waals surface area contributed by atoms with Gasteiger partial charge in [0.05, 0.1) is 17.9 Å². The summed E-state index contributed by atoms with van der Waals surface area (Å²) in [4.78, 5) is 37.4. The van der Waals surface area contributed by atoms with Crippen LogP contribution in [0.2, 0.25) is 0 Å². The second kappa shape index (κ2) is 11.3. The Balaban J connectivity index is 1.99. The summed E-state index contributed by atoms with van der Waals surface area (Å²) < 4.78 is 23.2. The highest BCUT2D eigenvalue weighted by molar-refractivity contribution is 8.00. The molecule has 0 aromatic heterocycles. The third-order valence-corrected chi connectivity index (χ3v) is 4.95. The summed E-state index contributed by atoms with van der Waals surface area (Å²) in [7, 11) is 1.55. The number of methoxy groups -OCH3 is 1. The van der Waals surface area contributed by atoms with Crippen LogP contribution < -0.4 is 5.32 Å². The molecule has 154 valence electrons. The number of benzene rings is 2. The van der Waals surface area contributed by atoms with Gasteiger partial charge in [-0.25, -0.2) is 9.18 Å². The molecule has 0 spiro atoms. The van der Waals surface area contributed by atoms with E-state index < -0.39 is 23.7 Å². The molecular weight excluding hydrogens is 397 g/mol. The second-order valence-corrected chi connectivity index (χ2v) is 7.06. The van der Waals surface area contributed by atoms with E-state index in [0.29, 0.717) is 18.0 Å². The number of hydrogen-bond donors (Lipinski definition) is 1. The molecule has 0 unspecified atom stereocenters. The van der Waals surface area contributed by atoms with E-state index in [2.05, 4.69) is 5.32 Å². The Labute approximate surface area is 172 Å². The number of ketones is 1. The summed E-state index contributed by atoms with van der Waals surface area (Å²) in [5.74, 6) is -1.62. The standard InChI is InChI=1S/C21H22FNO5S/c1-14(20(25)15-7-9-16(22)10-8-15)28-21(26)17-5-3-4-6-18(17)29-13-19(24)23-11-12-27-2/h3-10,14H,11-13H2,1-2H3,(H,23,24)/t14-/m1/s1. The zero-order valence-corrected chi connectivity index (χ0v) is 17.0. The predicted octanol–water partition coefficient (Wildman–Crippen LogP) is 3.11. The van der Waals surface area contributed by atoms with Crippen molar-refractivity contribution in [3.8, 4) is 0 Å². The molecule has 0 saturated heterocycles.